The van der Waals surface area contributed by atoms with E-state index in [1.165, 1.54) is 17.1 Å². The number of hydrogen-bond donors (Lipinski definition) is 3. The largest absolute Gasteiger partial charge is 0.505 e. The van der Waals surface area contributed by atoms with Crippen LogP contribution in [0.5, 0.6) is 5.75 Å². The summed E-state index contributed by atoms with van der Waals surface area (Å²) in [5.74, 6) is 1.02. The molecule has 0 spiro atoms. The van der Waals surface area contributed by atoms with Gasteiger partial charge in [0.1, 0.15) is 11.4 Å². The van der Waals surface area contributed by atoms with E-state index in [-0.39, 0.29) is 17.0 Å². The molecule has 8 heteroatoms. The molecular weight excluding hydrogens is 456 g/mol. The Balaban J connectivity index is 1.51. The lowest BCUT2D eigenvalue weighted by Crippen LogP contribution is -2.28. The molecule has 0 saturated carbocycles. The minimum Gasteiger partial charge on any atom is -0.505 e. The molecule has 0 unspecified atom stereocenters. The third-order valence-electron chi connectivity index (χ3n) is 6.32. The summed E-state index contributed by atoms with van der Waals surface area (Å²) in [6.45, 7) is 1.68. The maximum Gasteiger partial charge on any atom is 0.335 e. The summed E-state index contributed by atoms with van der Waals surface area (Å²) in [6.07, 6.45) is 7.97. The Morgan fingerprint density at radius 1 is 1.17 bits per heavy atom. The van der Waals surface area contributed by atoms with Crippen LogP contribution < -0.4 is 10.4 Å². The van der Waals surface area contributed by atoms with E-state index in [1.807, 2.05) is 6.07 Å². The predicted octanol–water partition coefficient (Wildman–Crippen LogP) is 4.42. The van der Waals surface area contributed by atoms with Crippen molar-refractivity contribution in [2.75, 3.05) is 10.4 Å². The van der Waals surface area contributed by atoms with Gasteiger partial charge in [-0.25, -0.2) is 4.79 Å². The van der Waals surface area contributed by atoms with Gasteiger partial charge in [0.25, 0.3) is 0 Å². The second-order valence-electron chi connectivity index (χ2n) is 8.59. The van der Waals surface area contributed by atoms with E-state index >= 15 is 0 Å². The van der Waals surface area contributed by atoms with E-state index < -0.39 is 11.9 Å². The number of fused-ring (bicyclic) bond motifs is 1. The lowest BCUT2D eigenvalue weighted by Gasteiger charge is -2.16. The highest BCUT2D eigenvalue weighted by atomic mass is 16.4. The second-order valence-corrected chi connectivity index (χ2v) is 8.59. The highest BCUT2D eigenvalue weighted by Gasteiger charge is 2.31. The van der Waals surface area contributed by atoms with Crippen molar-refractivity contribution < 1.29 is 19.8 Å². The molecule has 0 saturated heterocycles. The Morgan fingerprint density at radius 2 is 1.97 bits per heavy atom. The van der Waals surface area contributed by atoms with Crippen molar-refractivity contribution in [3.05, 3.63) is 76.9 Å². The zero-order valence-electron chi connectivity index (χ0n) is 19.4. The molecule has 3 N–H and O–H groups in total. The summed E-state index contributed by atoms with van der Waals surface area (Å²) in [5, 5.41) is 30.5. The highest BCUT2D eigenvalue weighted by Crippen LogP contribution is 2.43. The van der Waals surface area contributed by atoms with Gasteiger partial charge in [0, 0.05) is 11.1 Å². The Bertz CT molecular complexity index is 1530. The monoisotopic (exact) mass is 478 g/mol. The van der Waals surface area contributed by atoms with Gasteiger partial charge < -0.3 is 10.2 Å². The number of carbonyl (C=O) groups excluding carboxylic acids is 1. The number of aromatic carboxylic acids is 1. The van der Waals surface area contributed by atoms with E-state index in [2.05, 4.69) is 21.5 Å². The lowest BCUT2D eigenvalue weighted by molar-refractivity contribution is -0.112. The molecule has 0 bridgehead atoms. The van der Waals surface area contributed by atoms with Crippen LogP contribution in [0.3, 0.4) is 0 Å². The van der Waals surface area contributed by atoms with Gasteiger partial charge in [0.05, 0.1) is 17.0 Å². The van der Waals surface area contributed by atoms with Gasteiger partial charge in [-0.05, 0) is 79.3 Å². The van der Waals surface area contributed by atoms with E-state index in [1.54, 1.807) is 43.3 Å². The van der Waals surface area contributed by atoms with E-state index in [9.17, 15) is 19.8 Å². The standard InChI is InChI=1S/C28H22N4O4/c1-3-17-7-4-11-21(13-17)32-27(34)24(16(2)31-32)29-30-25-22-12-6-9-19(22)15-23(26(25)33)18-8-5-10-20(14-18)28(35)36/h1,4-5,7-8,10-11,13-15,30,33H,6,9,12H2,2H3,(H,35,36)/b29-24-. The Kier molecular flexibility index (Phi) is 5.74. The molecule has 0 radical (unpaired) electrons. The number of carboxylic acid groups (broad SMARTS) is 1. The van der Waals surface area contributed by atoms with Gasteiger partial charge in [-0.15, -0.1) is 6.42 Å². The molecule has 0 aromatic heterocycles. The first kappa shape index (κ1) is 22.9. The molecule has 3 aromatic carbocycles. The maximum absolute atomic E-state index is 13.1. The number of terminal acetylenes is 1. The fourth-order valence-corrected chi connectivity index (χ4v) is 4.53. The molecule has 1 heterocycles. The van der Waals surface area contributed by atoms with Crippen LogP contribution in [0.15, 0.2) is 64.8 Å². The number of hydrazone groups is 2. The first-order valence-electron chi connectivity index (χ1n) is 11.4. The molecular formula is C28H22N4O4. The Morgan fingerprint density at radius 3 is 2.75 bits per heavy atom. The fraction of sp³-hybridized carbons (Fsp3) is 0.143. The summed E-state index contributed by atoms with van der Waals surface area (Å²) < 4.78 is 0. The molecule has 1 aliphatic heterocycles. The van der Waals surface area contributed by atoms with Gasteiger partial charge in [-0.1, -0.05) is 24.1 Å². The van der Waals surface area contributed by atoms with Crippen molar-refractivity contribution in [2.24, 2.45) is 10.2 Å². The molecule has 2 aliphatic rings. The van der Waals surface area contributed by atoms with Crippen molar-refractivity contribution in [3.8, 4) is 29.2 Å². The number of nitrogens with zero attached hydrogens (tertiary/aromatic N) is 3. The Hall–Kier alpha value is -4.90. The molecule has 1 amide bonds. The summed E-state index contributed by atoms with van der Waals surface area (Å²) in [4.78, 5) is 24.6. The maximum atomic E-state index is 13.1. The van der Waals surface area contributed by atoms with E-state index in [0.29, 0.717) is 33.8 Å². The van der Waals surface area contributed by atoms with Crippen LogP contribution in [0.2, 0.25) is 0 Å². The van der Waals surface area contributed by atoms with E-state index in [4.69, 9.17) is 6.42 Å². The quantitative estimate of drug-likeness (QED) is 0.285. The van der Waals surface area contributed by atoms with Gasteiger partial charge in [0.15, 0.2) is 5.71 Å². The predicted molar refractivity (Wildman–Crippen MR) is 139 cm³/mol. The molecule has 8 nitrogen and oxygen atoms in total. The lowest BCUT2D eigenvalue weighted by atomic mass is 9.96. The number of hydrogen-bond acceptors (Lipinski definition) is 6. The van der Waals surface area contributed by atoms with Crippen LogP contribution in [0, 0.1) is 12.3 Å². The third-order valence-corrected chi connectivity index (χ3v) is 6.32. The van der Waals surface area contributed by atoms with Crippen molar-refractivity contribution in [1.29, 1.82) is 0 Å². The number of rotatable bonds is 5. The molecule has 36 heavy (non-hydrogen) atoms. The first-order chi connectivity index (χ1) is 17.4. The molecule has 3 aromatic rings. The number of phenolic OH excluding ortho intramolecular Hbond substituents is 1. The highest BCUT2D eigenvalue weighted by molar-refractivity contribution is 6.71. The van der Waals surface area contributed by atoms with Gasteiger partial charge in [0.2, 0.25) is 0 Å². The molecule has 5 rings (SSSR count). The van der Waals surface area contributed by atoms with Crippen LogP contribution in [-0.2, 0) is 17.6 Å². The summed E-state index contributed by atoms with van der Waals surface area (Å²) >= 11 is 0. The van der Waals surface area contributed by atoms with Crippen LogP contribution in [0.4, 0.5) is 11.4 Å². The van der Waals surface area contributed by atoms with Gasteiger partial charge in [-0.2, -0.15) is 15.2 Å². The number of carboxylic acids is 1. The molecule has 0 atom stereocenters. The van der Waals surface area contributed by atoms with Crippen LogP contribution in [0.1, 0.15) is 40.4 Å². The SMILES string of the molecule is C#Cc1cccc(N2N=C(C)/C(=N/Nc3c(O)c(-c4cccc(C(=O)O)c4)cc4c3CCC4)C2=O)c1. The topological polar surface area (TPSA) is 115 Å². The smallest absolute Gasteiger partial charge is 0.335 e. The van der Waals surface area contributed by atoms with Gasteiger partial charge in [-0.3, -0.25) is 10.2 Å². The normalized spacial score (nSPS) is 15.6. The van der Waals surface area contributed by atoms with Crippen LogP contribution in [0.25, 0.3) is 11.1 Å². The number of amides is 1. The van der Waals surface area contributed by atoms with Crippen LogP contribution in [-0.4, -0.2) is 33.5 Å². The molecule has 0 fully saturated rings. The summed E-state index contributed by atoms with van der Waals surface area (Å²) in [7, 11) is 0. The number of benzene rings is 3. The average molecular weight is 479 g/mol. The number of aromatic hydroxyl groups is 1. The number of nitrogens with one attached hydrogen (secondary N) is 1. The number of carbonyl (C=O) groups is 2. The van der Waals surface area contributed by atoms with Crippen molar-refractivity contribution in [1.82, 2.24) is 0 Å². The minimum atomic E-state index is -1.05. The second kappa shape index (κ2) is 9.04. The Labute approximate surface area is 207 Å². The van der Waals surface area contributed by atoms with Crippen molar-refractivity contribution >= 4 is 34.7 Å². The fourth-order valence-electron chi connectivity index (χ4n) is 4.53. The van der Waals surface area contributed by atoms with Crippen LogP contribution >= 0.6 is 0 Å². The first-order valence-corrected chi connectivity index (χ1v) is 11.4. The minimum absolute atomic E-state index is 0.0545. The van der Waals surface area contributed by atoms with Crippen molar-refractivity contribution in [2.45, 2.75) is 26.2 Å². The summed E-state index contributed by atoms with van der Waals surface area (Å²) in [5.41, 5.74) is 8.18. The summed E-state index contributed by atoms with van der Waals surface area (Å²) in [6, 6.07) is 15.2. The van der Waals surface area contributed by atoms with E-state index in [0.717, 1.165) is 30.4 Å². The molecule has 1 aliphatic carbocycles. The van der Waals surface area contributed by atoms with Crippen molar-refractivity contribution in [3.63, 3.8) is 0 Å². The zero-order valence-corrected chi connectivity index (χ0v) is 19.4. The zero-order chi connectivity index (χ0) is 25.4. The number of anilines is 2. The van der Waals surface area contributed by atoms with Gasteiger partial charge >= 0.3 is 11.9 Å². The third kappa shape index (κ3) is 3.97. The molecule has 178 valence electrons. The number of phenols is 1. The number of aryl methyl sites for hydroxylation is 1. The average Bonchev–Trinajstić information content (AvgIpc) is 3.47.